The number of nitrogens with one attached hydrogen (secondary N) is 1. The van der Waals surface area contributed by atoms with Crippen molar-refractivity contribution in [1.29, 1.82) is 0 Å². The number of hydrogen-bond donors (Lipinski definition) is 1. The van der Waals surface area contributed by atoms with Crippen molar-refractivity contribution < 1.29 is 4.79 Å². The van der Waals surface area contributed by atoms with Crippen molar-refractivity contribution in [2.45, 2.75) is 17.9 Å². The minimum Gasteiger partial charge on any atom is -0.358 e. The molecule has 1 amide bonds. The quantitative estimate of drug-likeness (QED) is 0.921. The third kappa shape index (κ3) is 3.34. The van der Waals surface area contributed by atoms with Gasteiger partial charge in [-0.15, -0.1) is 34.4 Å². The summed E-state index contributed by atoms with van der Waals surface area (Å²) in [5.41, 5.74) is 1.05. The summed E-state index contributed by atoms with van der Waals surface area (Å²) in [5.74, 6) is 0.838. The lowest BCUT2D eigenvalue weighted by Crippen LogP contribution is -2.27. The van der Waals surface area contributed by atoms with Crippen LogP contribution < -0.4 is 5.32 Å². The number of thiophene rings is 1. The Morgan fingerprint density at radius 1 is 1.56 bits per heavy atom. The highest BCUT2D eigenvalue weighted by atomic mass is 32.2. The van der Waals surface area contributed by atoms with Gasteiger partial charge >= 0.3 is 0 Å². The maximum Gasteiger partial charge on any atom is 0.232 e. The molecule has 6 heteroatoms. The second-order valence-electron chi connectivity index (χ2n) is 3.69. The summed E-state index contributed by atoms with van der Waals surface area (Å²) in [4.78, 5) is 17.2. The lowest BCUT2D eigenvalue weighted by molar-refractivity contribution is -0.119. The minimum atomic E-state index is -0.0399. The van der Waals surface area contributed by atoms with Crippen LogP contribution in [0.25, 0.3) is 9.88 Å². The Hall–Kier alpha value is -0.850. The fourth-order valence-electron chi connectivity index (χ4n) is 1.38. The van der Waals surface area contributed by atoms with Crippen molar-refractivity contribution in [3.8, 4) is 9.88 Å². The van der Waals surface area contributed by atoms with Crippen LogP contribution in [0.2, 0.25) is 0 Å². The van der Waals surface area contributed by atoms with Gasteiger partial charge in [-0.3, -0.25) is 4.79 Å². The minimum absolute atomic E-state index is 0.0399. The predicted octanol–water partition coefficient (Wildman–Crippen LogP) is 3.24. The highest BCUT2D eigenvalue weighted by Gasteiger charge is 2.12. The van der Waals surface area contributed by atoms with Gasteiger partial charge in [-0.05, 0) is 18.4 Å². The average molecular weight is 298 g/mol. The van der Waals surface area contributed by atoms with Crippen LogP contribution in [0.4, 0.5) is 0 Å². The fraction of sp³-hybridized carbons (Fsp3) is 0.333. The molecule has 0 radical (unpaired) electrons. The van der Waals surface area contributed by atoms with E-state index in [1.54, 1.807) is 41.5 Å². The number of amides is 1. The van der Waals surface area contributed by atoms with E-state index in [2.05, 4.69) is 27.1 Å². The number of carbonyl (C=O) groups excluding carboxylic acids is 1. The van der Waals surface area contributed by atoms with Crippen molar-refractivity contribution in [2.24, 2.45) is 0 Å². The Kier molecular flexibility index (Phi) is 4.79. The molecule has 0 fully saturated rings. The molecule has 3 nitrogen and oxygen atoms in total. The molecule has 2 aromatic rings. The van der Waals surface area contributed by atoms with Gasteiger partial charge in [0, 0.05) is 18.2 Å². The monoisotopic (exact) mass is 298 g/mol. The van der Waals surface area contributed by atoms with Crippen LogP contribution in [-0.4, -0.2) is 23.2 Å². The molecular formula is C12H14N2OS3. The van der Waals surface area contributed by atoms with E-state index < -0.39 is 0 Å². The molecule has 2 aromatic heterocycles. The number of carbonyl (C=O) groups is 1. The normalized spacial score (nSPS) is 12.3. The van der Waals surface area contributed by atoms with Gasteiger partial charge < -0.3 is 5.32 Å². The van der Waals surface area contributed by atoms with Crippen LogP contribution in [-0.2, 0) is 10.5 Å². The molecule has 2 heterocycles. The summed E-state index contributed by atoms with van der Waals surface area (Å²) in [5, 5.41) is 7.80. The first kappa shape index (κ1) is 13.6. The molecule has 0 aromatic carbocycles. The lowest BCUT2D eigenvalue weighted by Gasteiger charge is -2.07. The Bertz CT molecular complexity index is 507. The van der Waals surface area contributed by atoms with E-state index in [1.165, 1.54) is 4.88 Å². The van der Waals surface area contributed by atoms with Crippen molar-refractivity contribution in [2.75, 3.05) is 7.05 Å². The molecule has 1 N–H and O–H groups in total. The third-order valence-electron chi connectivity index (χ3n) is 2.38. The number of nitrogens with zero attached hydrogens (tertiary/aromatic N) is 1. The third-order valence-corrected chi connectivity index (χ3v) is 5.49. The van der Waals surface area contributed by atoms with Crippen LogP contribution >= 0.6 is 34.4 Å². The predicted molar refractivity (Wildman–Crippen MR) is 80.3 cm³/mol. The van der Waals surface area contributed by atoms with Crippen molar-refractivity contribution >= 4 is 40.3 Å². The number of thiazole rings is 1. The smallest absolute Gasteiger partial charge is 0.232 e. The van der Waals surface area contributed by atoms with E-state index >= 15 is 0 Å². The topological polar surface area (TPSA) is 42.0 Å². The number of thioether (sulfide) groups is 1. The zero-order valence-corrected chi connectivity index (χ0v) is 12.6. The largest absolute Gasteiger partial charge is 0.358 e. The Balaban J connectivity index is 1.93. The first-order valence-corrected chi connectivity index (χ1v) is 8.33. The summed E-state index contributed by atoms with van der Waals surface area (Å²) in [6.07, 6.45) is 0. The van der Waals surface area contributed by atoms with Gasteiger partial charge in [0.2, 0.25) is 5.91 Å². The summed E-state index contributed by atoms with van der Waals surface area (Å²) < 4.78 is 0. The molecule has 18 heavy (non-hydrogen) atoms. The standard InChI is InChI=1S/C12H14N2OS3/c1-8(11(15)13-2)17-6-9-7-18-12(14-9)10-4-3-5-16-10/h3-5,7-8H,6H2,1-2H3,(H,13,15)/t8-/m1/s1. The highest BCUT2D eigenvalue weighted by Crippen LogP contribution is 2.29. The molecule has 96 valence electrons. The van der Waals surface area contributed by atoms with Gasteiger partial charge in [0.1, 0.15) is 5.01 Å². The van der Waals surface area contributed by atoms with Crippen molar-refractivity contribution in [3.63, 3.8) is 0 Å². The first-order valence-electron chi connectivity index (χ1n) is 5.52. The Morgan fingerprint density at radius 2 is 2.39 bits per heavy atom. The molecule has 0 aliphatic carbocycles. The summed E-state index contributed by atoms with van der Waals surface area (Å²) in [7, 11) is 1.66. The molecule has 0 aliphatic rings. The van der Waals surface area contributed by atoms with Gasteiger partial charge in [-0.2, -0.15) is 0 Å². The molecule has 0 saturated carbocycles. The molecule has 0 bridgehead atoms. The molecule has 0 saturated heterocycles. The maximum atomic E-state index is 11.4. The Morgan fingerprint density at radius 3 is 3.06 bits per heavy atom. The van der Waals surface area contributed by atoms with Crippen LogP contribution in [0.5, 0.6) is 0 Å². The molecule has 2 rings (SSSR count). The van der Waals surface area contributed by atoms with E-state index in [0.717, 1.165) is 16.5 Å². The van der Waals surface area contributed by atoms with Gasteiger partial charge in [0.15, 0.2) is 0 Å². The SMILES string of the molecule is CNC(=O)[C@@H](C)SCc1csc(-c2cccs2)n1. The van der Waals surface area contributed by atoms with Crippen molar-refractivity contribution in [3.05, 3.63) is 28.6 Å². The molecular weight excluding hydrogens is 284 g/mol. The second-order valence-corrected chi connectivity index (χ2v) is 6.82. The van der Waals surface area contributed by atoms with Crippen LogP contribution in [0.3, 0.4) is 0 Å². The van der Waals surface area contributed by atoms with E-state index in [9.17, 15) is 4.79 Å². The van der Waals surface area contributed by atoms with Crippen LogP contribution in [0, 0.1) is 0 Å². The van der Waals surface area contributed by atoms with Gasteiger partial charge in [0.05, 0.1) is 15.8 Å². The number of aromatic nitrogens is 1. The summed E-state index contributed by atoms with van der Waals surface area (Å²) >= 11 is 4.97. The fourth-order valence-corrected chi connectivity index (χ4v) is 3.95. The average Bonchev–Trinajstić information content (AvgIpc) is 3.04. The van der Waals surface area contributed by atoms with Crippen LogP contribution in [0.15, 0.2) is 22.9 Å². The van der Waals surface area contributed by atoms with E-state index in [0.29, 0.717) is 0 Å². The molecule has 0 unspecified atom stereocenters. The molecule has 1 atom stereocenters. The lowest BCUT2D eigenvalue weighted by atomic mass is 10.4. The highest BCUT2D eigenvalue weighted by molar-refractivity contribution is 7.99. The first-order chi connectivity index (χ1) is 8.70. The number of rotatable bonds is 5. The summed E-state index contributed by atoms with van der Waals surface area (Å²) in [6.45, 7) is 1.91. The summed E-state index contributed by atoms with van der Waals surface area (Å²) in [6, 6.07) is 4.11. The van der Waals surface area contributed by atoms with Gasteiger partial charge in [0.25, 0.3) is 0 Å². The van der Waals surface area contributed by atoms with E-state index in [4.69, 9.17) is 0 Å². The van der Waals surface area contributed by atoms with E-state index in [1.807, 2.05) is 13.0 Å². The van der Waals surface area contributed by atoms with Gasteiger partial charge in [-0.25, -0.2) is 4.98 Å². The zero-order valence-electron chi connectivity index (χ0n) is 10.2. The van der Waals surface area contributed by atoms with Gasteiger partial charge in [-0.1, -0.05) is 6.07 Å². The molecule has 0 aliphatic heterocycles. The maximum absolute atomic E-state index is 11.4. The zero-order chi connectivity index (χ0) is 13.0. The second kappa shape index (κ2) is 6.36. The van der Waals surface area contributed by atoms with E-state index in [-0.39, 0.29) is 11.2 Å². The van der Waals surface area contributed by atoms with Crippen molar-refractivity contribution in [1.82, 2.24) is 10.3 Å². The van der Waals surface area contributed by atoms with Crippen LogP contribution in [0.1, 0.15) is 12.6 Å². The Labute approximate surface area is 119 Å². The molecule has 0 spiro atoms. The number of hydrogen-bond acceptors (Lipinski definition) is 5.